The van der Waals surface area contributed by atoms with Gasteiger partial charge in [0.05, 0.1) is 0 Å². The fourth-order valence-electron chi connectivity index (χ4n) is 1.69. The summed E-state index contributed by atoms with van der Waals surface area (Å²) in [6.45, 7) is 2.22. The molecule has 2 unspecified atom stereocenters. The molecule has 1 aromatic heterocycles. The molecule has 1 aliphatic heterocycles. The van der Waals surface area contributed by atoms with Crippen LogP contribution in [0.15, 0.2) is 17.1 Å². The second kappa shape index (κ2) is 3.90. The molecule has 0 bridgehead atoms. The SMILES string of the molecule is CC1CSCC1n1ccc(=O)[nH]c1=S. The van der Waals surface area contributed by atoms with Crippen molar-refractivity contribution in [3.05, 3.63) is 27.4 Å². The van der Waals surface area contributed by atoms with Crippen LogP contribution >= 0.6 is 24.0 Å². The van der Waals surface area contributed by atoms with Gasteiger partial charge in [-0.2, -0.15) is 11.8 Å². The van der Waals surface area contributed by atoms with E-state index in [1.54, 1.807) is 6.20 Å². The molecular formula is C9H12N2OS2. The fraction of sp³-hybridized carbons (Fsp3) is 0.556. The van der Waals surface area contributed by atoms with Gasteiger partial charge in [0.25, 0.3) is 5.56 Å². The van der Waals surface area contributed by atoms with Gasteiger partial charge in [0, 0.05) is 24.1 Å². The van der Waals surface area contributed by atoms with Gasteiger partial charge in [-0.15, -0.1) is 0 Å². The van der Waals surface area contributed by atoms with Gasteiger partial charge >= 0.3 is 0 Å². The van der Waals surface area contributed by atoms with Gasteiger partial charge in [-0.05, 0) is 23.9 Å². The number of thioether (sulfide) groups is 1. The van der Waals surface area contributed by atoms with Crippen LogP contribution in [0.1, 0.15) is 13.0 Å². The van der Waals surface area contributed by atoms with E-state index in [2.05, 4.69) is 11.9 Å². The van der Waals surface area contributed by atoms with E-state index in [4.69, 9.17) is 12.2 Å². The summed E-state index contributed by atoms with van der Waals surface area (Å²) >= 11 is 7.07. The third-order valence-corrected chi connectivity index (χ3v) is 4.19. The molecule has 0 spiro atoms. The summed E-state index contributed by atoms with van der Waals surface area (Å²) in [5.74, 6) is 2.88. The Morgan fingerprint density at radius 1 is 1.64 bits per heavy atom. The van der Waals surface area contributed by atoms with Gasteiger partial charge in [-0.3, -0.25) is 9.78 Å². The predicted octanol–water partition coefficient (Wildman–Crippen LogP) is 1.83. The maximum Gasteiger partial charge on any atom is 0.251 e. The summed E-state index contributed by atoms with van der Waals surface area (Å²) in [6, 6.07) is 1.97. The lowest BCUT2D eigenvalue weighted by atomic mass is 10.1. The van der Waals surface area contributed by atoms with Crippen molar-refractivity contribution in [2.24, 2.45) is 5.92 Å². The molecule has 0 saturated carbocycles. The second-order valence-corrected chi connectivity index (χ2v) is 5.06. The Kier molecular flexibility index (Phi) is 2.78. The van der Waals surface area contributed by atoms with Crippen molar-refractivity contribution in [3.63, 3.8) is 0 Å². The standard InChI is InChI=1S/C9H12N2OS2/c1-6-4-14-5-7(6)11-3-2-8(12)10-9(11)13/h2-3,6-7H,4-5H2,1H3,(H,10,12,13). The Morgan fingerprint density at radius 2 is 2.43 bits per heavy atom. The average molecular weight is 228 g/mol. The van der Waals surface area contributed by atoms with E-state index in [1.165, 1.54) is 11.8 Å². The van der Waals surface area contributed by atoms with Crippen molar-refractivity contribution in [3.8, 4) is 0 Å². The molecule has 0 amide bonds. The summed E-state index contributed by atoms with van der Waals surface area (Å²) in [4.78, 5) is 13.6. The second-order valence-electron chi connectivity index (χ2n) is 3.60. The largest absolute Gasteiger partial charge is 0.321 e. The van der Waals surface area contributed by atoms with E-state index < -0.39 is 0 Å². The van der Waals surface area contributed by atoms with Crippen molar-refractivity contribution in [2.75, 3.05) is 11.5 Å². The molecule has 0 aromatic carbocycles. The van der Waals surface area contributed by atoms with Crippen LogP contribution in [0.5, 0.6) is 0 Å². The maximum absolute atomic E-state index is 11.0. The van der Waals surface area contributed by atoms with Crippen molar-refractivity contribution >= 4 is 24.0 Å². The summed E-state index contributed by atoms with van der Waals surface area (Å²) in [5.41, 5.74) is -0.121. The van der Waals surface area contributed by atoms with Gasteiger partial charge in [0.15, 0.2) is 4.77 Å². The first-order valence-electron chi connectivity index (χ1n) is 4.57. The van der Waals surface area contributed by atoms with Crippen molar-refractivity contribution in [1.29, 1.82) is 0 Å². The minimum absolute atomic E-state index is 0.121. The predicted molar refractivity (Wildman–Crippen MR) is 61.4 cm³/mol. The molecule has 2 heterocycles. The quantitative estimate of drug-likeness (QED) is 0.745. The van der Waals surface area contributed by atoms with E-state index in [0.717, 1.165) is 5.75 Å². The zero-order chi connectivity index (χ0) is 10.1. The van der Waals surface area contributed by atoms with E-state index >= 15 is 0 Å². The Hall–Kier alpha value is -0.550. The molecule has 1 aromatic rings. The topological polar surface area (TPSA) is 37.8 Å². The van der Waals surface area contributed by atoms with E-state index in [-0.39, 0.29) is 5.56 Å². The highest BCUT2D eigenvalue weighted by molar-refractivity contribution is 7.99. The Bertz CT molecular complexity index is 437. The smallest absolute Gasteiger partial charge is 0.251 e. The Labute approximate surface area is 91.5 Å². The van der Waals surface area contributed by atoms with Crippen LogP contribution in [0.4, 0.5) is 0 Å². The molecule has 1 fully saturated rings. The minimum atomic E-state index is -0.121. The summed E-state index contributed by atoms with van der Waals surface area (Å²) < 4.78 is 2.54. The van der Waals surface area contributed by atoms with Crippen molar-refractivity contribution in [1.82, 2.24) is 9.55 Å². The van der Waals surface area contributed by atoms with Crippen LogP contribution in [-0.4, -0.2) is 21.1 Å². The Morgan fingerprint density at radius 3 is 3.00 bits per heavy atom. The normalized spacial score (nSPS) is 26.6. The number of H-pyrrole nitrogens is 1. The average Bonchev–Trinajstić information content (AvgIpc) is 2.52. The molecule has 1 saturated heterocycles. The number of nitrogens with zero attached hydrogens (tertiary/aromatic N) is 1. The van der Waals surface area contributed by atoms with Gasteiger partial charge in [0.1, 0.15) is 0 Å². The molecule has 0 aliphatic carbocycles. The van der Waals surface area contributed by atoms with Crippen LogP contribution in [-0.2, 0) is 0 Å². The molecule has 2 atom stereocenters. The summed E-state index contributed by atoms with van der Waals surface area (Å²) in [5, 5.41) is 0. The highest BCUT2D eigenvalue weighted by atomic mass is 32.2. The number of nitrogens with one attached hydrogen (secondary N) is 1. The third-order valence-electron chi connectivity index (χ3n) is 2.53. The van der Waals surface area contributed by atoms with Crippen LogP contribution in [0.25, 0.3) is 0 Å². The minimum Gasteiger partial charge on any atom is -0.321 e. The highest BCUT2D eigenvalue weighted by Gasteiger charge is 2.25. The summed E-state index contributed by atoms with van der Waals surface area (Å²) in [7, 11) is 0. The molecule has 76 valence electrons. The third kappa shape index (κ3) is 1.79. The van der Waals surface area contributed by atoms with Crippen LogP contribution in [0, 0.1) is 10.7 Å². The molecule has 1 N–H and O–H groups in total. The van der Waals surface area contributed by atoms with Gasteiger partial charge in [-0.25, -0.2) is 0 Å². The first-order chi connectivity index (χ1) is 6.68. The number of aromatic amines is 1. The lowest BCUT2D eigenvalue weighted by Gasteiger charge is -2.17. The van der Waals surface area contributed by atoms with Crippen LogP contribution < -0.4 is 5.56 Å². The van der Waals surface area contributed by atoms with E-state index in [9.17, 15) is 4.79 Å². The highest BCUT2D eigenvalue weighted by Crippen LogP contribution is 2.32. The molecule has 0 radical (unpaired) electrons. The molecule has 2 rings (SSSR count). The molecular weight excluding hydrogens is 216 g/mol. The first-order valence-corrected chi connectivity index (χ1v) is 6.14. The number of hydrogen-bond acceptors (Lipinski definition) is 3. The van der Waals surface area contributed by atoms with Crippen LogP contribution in [0.2, 0.25) is 0 Å². The Balaban J connectivity index is 2.41. The monoisotopic (exact) mass is 228 g/mol. The lowest BCUT2D eigenvalue weighted by molar-refractivity contribution is 0.427. The molecule has 5 heteroatoms. The van der Waals surface area contributed by atoms with Gasteiger partial charge in [-0.1, -0.05) is 6.92 Å². The van der Waals surface area contributed by atoms with E-state index in [0.29, 0.717) is 16.7 Å². The fourth-order valence-corrected chi connectivity index (χ4v) is 3.45. The number of aromatic nitrogens is 2. The molecule has 14 heavy (non-hydrogen) atoms. The van der Waals surface area contributed by atoms with Gasteiger partial charge < -0.3 is 4.57 Å². The maximum atomic E-state index is 11.0. The molecule has 1 aliphatic rings. The zero-order valence-corrected chi connectivity index (χ0v) is 9.53. The number of rotatable bonds is 1. The lowest BCUT2D eigenvalue weighted by Crippen LogP contribution is -2.19. The summed E-state index contributed by atoms with van der Waals surface area (Å²) in [6.07, 6.45) is 1.80. The van der Waals surface area contributed by atoms with Crippen LogP contribution in [0.3, 0.4) is 0 Å². The first kappa shape index (κ1) is 9.98. The van der Waals surface area contributed by atoms with Gasteiger partial charge in [0.2, 0.25) is 0 Å². The van der Waals surface area contributed by atoms with E-state index in [1.807, 2.05) is 16.3 Å². The van der Waals surface area contributed by atoms with Crippen molar-refractivity contribution in [2.45, 2.75) is 13.0 Å². The molecule has 3 nitrogen and oxygen atoms in total. The van der Waals surface area contributed by atoms with Crippen molar-refractivity contribution < 1.29 is 0 Å². The number of hydrogen-bond donors (Lipinski definition) is 1. The zero-order valence-electron chi connectivity index (χ0n) is 7.90.